The van der Waals surface area contributed by atoms with Crippen LogP contribution >= 0.6 is 0 Å². The summed E-state index contributed by atoms with van der Waals surface area (Å²) in [7, 11) is 0. The molecule has 1 aliphatic heterocycles. The number of hydrogen-bond donors (Lipinski definition) is 1. The molecule has 1 aromatic rings. The zero-order valence-electron chi connectivity index (χ0n) is 17.9. The van der Waals surface area contributed by atoms with Gasteiger partial charge in [0.1, 0.15) is 5.76 Å². The predicted octanol–water partition coefficient (Wildman–Crippen LogP) is 4.73. The number of imide groups is 1. The second kappa shape index (κ2) is 8.40. The number of aliphatic hydroxyl groups excluding tert-OH is 1. The van der Waals surface area contributed by atoms with Crippen molar-refractivity contribution in [2.24, 2.45) is 33.9 Å². The van der Waals surface area contributed by atoms with Crippen molar-refractivity contribution in [1.82, 2.24) is 4.90 Å². The molecular formula is C24H25N3NiO4+2. The topological polar surface area (TPSA) is 99.4 Å². The number of allylic oxidation sites excluding steroid dienone is 4. The molecule has 1 saturated carbocycles. The number of rotatable bonds is 5. The Bertz CT molecular complexity index is 1090. The number of nitrogens with zero attached hydrogens (tertiary/aromatic N) is 3. The number of carbonyl (C=O) groups is 3. The summed E-state index contributed by atoms with van der Waals surface area (Å²) in [4.78, 5) is 40.2. The third-order valence-corrected chi connectivity index (χ3v) is 7.33. The second-order valence-corrected chi connectivity index (χ2v) is 8.79. The van der Waals surface area contributed by atoms with Gasteiger partial charge in [-0.2, -0.15) is 0 Å². The molecule has 1 fully saturated rings. The molecule has 4 atom stereocenters. The van der Waals surface area contributed by atoms with Crippen molar-refractivity contribution in [3.05, 3.63) is 52.9 Å². The Morgan fingerprint density at radius 3 is 2.25 bits per heavy atom. The predicted molar refractivity (Wildman–Crippen MR) is 113 cm³/mol. The fraction of sp³-hybridized carbons (Fsp3) is 0.458. The van der Waals surface area contributed by atoms with E-state index in [0.29, 0.717) is 18.4 Å². The van der Waals surface area contributed by atoms with Gasteiger partial charge in [0.25, 0.3) is 11.8 Å². The standard InChI is InChI=1S/C24H25N3O4.Ni/c1-3-14(4-2)27-23(30)15-6-5-7-16(19(15)24(27)31)25-26-20-21(28)17-12-8-9-13(11-10-12)18(17)22(20)29;/h5-9,12-14,17-18,28H,3-4,10-11H2,1-2H3;/q;+2. The molecular weight excluding hydrogens is 453 g/mol. The molecule has 0 spiro atoms. The molecule has 0 aromatic heterocycles. The first-order valence-corrected chi connectivity index (χ1v) is 11.1. The summed E-state index contributed by atoms with van der Waals surface area (Å²) >= 11 is 0. The van der Waals surface area contributed by atoms with Crippen molar-refractivity contribution < 1.29 is 36.0 Å². The minimum atomic E-state index is -0.380. The number of aliphatic hydroxyl groups is 1. The Morgan fingerprint density at radius 2 is 1.66 bits per heavy atom. The molecule has 1 aromatic carbocycles. The Kier molecular flexibility index (Phi) is 5.93. The molecule has 5 aliphatic rings. The molecule has 8 heteroatoms. The number of benzene rings is 1. The van der Waals surface area contributed by atoms with Gasteiger partial charge in [-0.1, -0.05) is 32.1 Å². The van der Waals surface area contributed by atoms with Crippen molar-refractivity contribution in [3.8, 4) is 0 Å². The molecule has 0 saturated heterocycles. The summed E-state index contributed by atoms with van der Waals surface area (Å²) in [6.45, 7) is 3.89. The molecule has 1 N–H and O–H groups in total. The Morgan fingerprint density at radius 1 is 1.00 bits per heavy atom. The van der Waals surface area contributed by atoms with Crippen LogP contribution in [0.3, 0.4) is 0 Å². The maximum absolute atomic E-state index is 13.1. The van der Waals surface area contributed by atoms with E-state index in [1.165, 1.54) is 4.90 Å². The van der Waals surface area contributed by atoms with Gasteiger partial charge in [-0.05, 0) is 49.7 Å². The van der Waals surface area contributed by atoms with Crippen LogP contribution in [0.4, 0.5) is 5.69 Å². The Balaban J connectivity index is 0.00000245. The Labute approximate surface area is 196 Å². The van der Waals surface area contributed by atoms with Crippen LogP contribution in [0.5, 0.6) is 0 Å². The van der Waals surface area contributed by atoms with Gasteiger partial charge in [-0.25, -0.2) is 0 Å². The fourth-order valence-electron chi connectivity index (χ4n) is 5.73. The van der Waals surface area contributed by atoms with Gasteiger partial charge in [0, 0.05) is 17.9 Å². The number of carbonyl (C=O) groups excluding carboxylic acids is 3. The van der Waals surface area contributed by atoms with Crippen molar-refractivity contribution >= 4 is 23.3 Å². The third kappa shape index (κ3) is 3.11. The summed E-state index contributed by atoms with van der Waals surface area (Å²) in [5.74, 6) is -1.08. The number of fused-ring (bicyclic) bond motifs is 2. The summed E-state index contributed by atoms with van der Waals surface area (Å²) < 4.78 is 0. The molecule has 2 bridgehead atoms. The molecule has 4 aliphatic carbocycles. The monoisotopic (exact) mass is 477 g/mol. The second-order valence-electron chi connectivity index (χ2n) is 8.79. The van der Waals surface area contributed by atoms with Crippen molar-refractivity contribution in [1.29, 1.82) is 0 Å². The minimum Gasteiger partial charge on any atom is -0.510 e. The third-order valence-electron chi connectivity index (χ3n) is 7.33. The van der Waals surface area contributed by atoms with E-state index in [2.05, 4.69) is 22.4 Å². The van der Waals surface area contributed by atoms with Gasteiger partial charge in [0.05, 0.1) is 16.8 Å². The molecule has 2 amide bonds. The largest absolute Gasteiger partial charge is 2.00 e. The molecule has 7 nitrogen and oxygen atoms in total. The average Bonchev–Trinajstić information content (AvgIpc) is 3.21. The molecule has 32 heavy (non-hydrogen) atoms. The molecule has 0 radical (unpaired) electrons. The maximum atomic E-state index is 13.1. The van der Waals surface area contributed by atoms with Crippen molar-refractivity contribution in [2.45, 2.75) is 45.6 Å². The SMILES string of the molecule is CCC(CC)N1C(=O)c2cccc(N=NC3=C(O)C4C5C=CC(CC5)C4C3=O)c2C1=O.[Ni+2]. The van der Waals surface area contributed by atoms with E-state index in [-0.39, 0.29) is 86.5 Å². The number of hydrogen-bond acceptors (Lipinski definition) is 6. The number of Topliss-reactive ketones (excluding diaryl/α,β-unsaturated/α-hetero) is 1. The van der Waals surface area contributed by atoms with E-state index in [1.54, 1.807) is 18.2 Å². The molecule has 6 rings (SSSR count). The van der Waals surface area contributed by atoms with Gasteiger partial charge >= 0.3 is 16.5 Å². The maximum Gasteiger partial charge on any atom is 2.00 e. The van der Waals surface area contributed by atoms with Gasteiger partial charge in [-0.15, -0.1) is 10.2 Å². The molecule has 168 valence electrons. The normalized spacial score (nSPS) is 28.2. The van der Waals surface area contributed by atoms with Crippen LogP contribution in [-0.2, 0) is 21.3 Å². The van der Waals surface area contributed by atoms with Crippen LogP contribution in [0, 0.1) is 23.7 Å². The van der Waals surface area contributed by atoms with Crippen LogP contribution in [0.25, 0.3) is 0 Å². The van der Waals surface area contributed by atoms with Crippen LogP contribution < -0.4 is 0 Å². The van der Waals surface area contributed by atoms with Crippen molar-refractivity contribution in [2.75, 3.05) is 0 Å². The van der Waals surface area contributed by atoms with E-state index >= 15 is 0 Å². The van der Waals surface area contributed by atoms with E-state index < -0.39 is 0 Å². The molecule has 1 heterocycles. The van der Waals surface area contributed by atoms with Crippen LogP contribution in [0.15, 0.2) is 52.0 Å². The van der Waals surface area contributed by atoms with E-state index in [4.69, 9.17) is 0 Å². The van der Waals surface area contributed by atoms with Gasteiger partial charge in [0.2, 0.25) is 0 Å². The number of amides is 2. The first kappa shape index (κ1) is 22.6. The zero-order valence-corrected chi connectivity index (χ0v) is 18.9. The van der Waals surface area contributed by atoms with Crippen LogP contribution in [-0.4, -0.2) is 33.6 Å². The average molecular weight is 478 g/mol. The first-order chi connectivity index (χ1) is 15.0. The van der Waals surface area contributed by atoms with Crippen LogP contribution in [0.1, 0.15) is 60.2 Å². The van der Waals surface area contributed by atoms with Crippen LogP contribution in [0.2, 0.25) is 0 Å². The smallest absolute Gasteiger partial charge is 0.510 e. The minimum absolute atomic E-state index is 0. The van der Waals surface area contributed by atoms with E-state index in [1.807, 2.05) is 13.8 Å². The van der Waals surface area contributed by atoms with E-state index in [9.17, 15) is 19.5 Å². The summed E-state index contributed by atoms with van der Waals surface area (Å²) in [5, 5.41) is 19.1. The first-order valence-electron chi connectivity index (χ1n) is 11.1. The van der Waals surface area contributed by atoms with Gasteiger partial charge < -0.3 is 5.11 Å². The summed E-state index contributed by atoms with van der Waals surface area (Å²) in [6.07, 6.45) is 7.43. The Hall–Kier alpha value is -2.60. The van der Waals surface area contributed by atoms with Gasteiger partial charge in [0.15, 0.2) is 11.5 Å². The van der Waals surface area contributed by atoms with E-state index in [0.717, 1.165) is 12.8 Å². The fourth-order valence-corrected chi connectivity index (χ4v) is 5.73. The quantitative estimate of drug-likeness (QED) is 0.286. The zero-order chi connectivity index (χ0) is 21.9. The van der Waals surface area contributed by atoms with Crippen molar-refractivity contribution in [3.63, 3.8) is 0 Å². The molecule has 4 unspecified atom stereocenters. The summed E-state index contributed by atoms with van der Waals surface area (Å²) in [5.41, 5.74) is 0.753. The summed E-state index contributed by atoms with van der Waals surface area (Å²) in [6, 6.07) is 4.71. The van der Waals surface area contributed by atoms with Gasteiger partial charge in [-0.3, -0.25) is 19.3 Å². The number of ketones is 1. The number of azo groups is 1.